The van der Waals surface area contributed by atoms with Crippen LogP contribution in [0.1, 0.15) is 38.3 Å². The van der Waals surface area contributed by atoms with E-state index in [-0.39, 0.29) is 0 Å². The average Bonchev–Trinajstić information content (AvgIpc) is 2.94. The van der Waals surface area contributed by atoms with Gasteiger partial charge in [0.25, 0.3) is 5.78 Å². The number of aromatic nitrogens is 4. The summed E-state index contributed by atoms with van der Waals surface area (Å²) in [4.78, 5) is 8.48. The van der Waals surface area contributed by atoms with Crippen molar-refractivity contribution in [2.75, 3.05) is 11.9 Å². The smallest absolute Gasteiger partial charge is 0.254 e. The van der Waals surface area contributed by atoms with Crippen molar-refractivity contribution in [1.82, 2.24) is 19.6 Å². The molecule has 2 heterocycles. The lowest BCUT2D eigenvalue weighted by molar-refractivity contribution is 0.484. The first-order valence-corrected chi connectivity index (χ1v) is 6.64. The van der Waals surface area contributed by atoms with Crippen LogP contribution in [0.15, 0.2) is 12.4 Å². The van der Waals surface area contributed by atoms with E-state index in [9.17, 15) is 0 Å². The first-order valence-electron chi connectivity index (χ1n) is 6.64. The molecule has 1 fully saturated rings. The van der Waals surface area contributed by atoms with Crippen LogP contribution in [0.3, 0.4) is 0 Å². The molecule has 18 heavy (non-hydrogen) atoms. The van der Waals surface area contributed by atoms with Gasteiger partial charge in [-0.1, -0.05) is 13.3 Å². The van der Waals surface area contributed by atoms with Gasteiger partial charge in [-0.3, -0.25) is 0 Å². The fourth-order valence-electron chi connectivity index (χ4n) is 2.56. The summed E-state index contributed by atoms with van der Waals surface area (Å²) in [6.45, 7) is 5.27. The van der Waals surface area contributed by atoms with Gasteiger partial charge in [0.2, 0.25) is 0 Å². The van der Waals surface area contributed by atoms with Crippen molar-refractivity contribution in [2.24, 2.45) is 5.41 Å². The third-order valence-corrected chi connectivity index (χ3v) is 3.76. The van der Waals surface area contributed by atoms with Crippen LogP contribution in [0.25, 0.3) is 5.78 Å². The normalized spacial score (nSPS) is 17.0. The fraction of sp³-hybridized carbons (Fsp3) is 0.615. The highest BCUT2D eigenvalue weighted by Crippen LogP contribution is 2.49. The van der Waals surface area contributed by atoms with Crippen molar-refractivity contribution < 1.29 is 0 Å². The molecule has 3 rings (SSSR count). The third-order valence-electron chi connectivity index (χ3n) is 3.76. The maximum absolute atomic E-state index is 4.34. The molecule has 1 N–H and O–H groups in total. The predicted molar refractivity (Wildman–Crippen MR) is 70.6 cm³/mol. The Labute approximate surface area is 107 Å². The summed E-state index contributed by atoms with van der Waals surface area (Å²) in [5.41, 5.74) is 1.50. The van der Waals surface area contributed by atoms with Crippen LogP contribution in [0.2, 0.25) is 0 Å². The number of nitrogens with one attached hydrogen (secondary N) is 1. The minimum atomic E-state index is 0.527. The summed E-state index contributed by atoms with van der Waals surface area (Å²) in [5.74, 6) is 1.66. The second-order valence-corrected chi connectivity index (χ2v) is 5.36. The molecule has 1 aliphatic rings. The highest BCUT2D eigenvalue weighted by Gasteiger charge is 2.41. The molecular weight excluding hydrogens is 226 g/mol. The Kier molecular flexibility index (Phi) is 2.69. The van der Waals surface area contributed by atoms with Gasteiger partial charge in [0.1, 0.15) is 12.1 Å². The van der Waals surface area contributed by atoms with E-state index in [1.165, 1.54) is 25.7 Å². The number of aryl methyl sites for hydroxylation is 1. The molecule has 2 aromatic rings. The van der Waals surface area contributed by atoms with Gasteiger partial charge in [-0.05, 0) is 31.6 Å². The van der Waals surface area contributed by atoms with Gasteiger partial charge in [-0.2, -0.15) is 14.6 Å². The maximum atomic E-state index is 4.34. The van der Waals surface area contributed by atoms with Crippen LogP contribution in [0, 0.1) is 12.3 Å². The van der Waals surface area contributed by atoms with Gasteiger partial charge in [0.15, 0.2) is 0 Å². The summed E-state index contributed by atoms with van der Waals surface area (Å²) < 4.78 is 1.77. The second-order valence-electron chi connectivity index (χ2n) is 5.36. The Morgan fingerprint density at radius 2 is 2.28 bits per heavy atom. The van der Waals surface area contributed by atoms with E-state index in [0.29, 0.717) is 11.2 Å². The first-order chi connectivity index (χ1) is 8.72. The van der Waals surface area contributed by atoms with Crippen LogP contribution in [-0.2, 0) is 0 Å². The Balaban J connectivity index is 1.80. The molecule has 0 aliphatic heterocycles. The van der Waals surface area contributed by atoms with E-state index in [2.05, 4.69) is 27.3 Å². The number of anilines is 1. The SMILES string of the molecule is CCCC1(CNc2cc(C)nc3ncnn23)CC1. The van der Waals surface area contributed by atoms with Crippen LogP contribution >= 0.6 is 0 Å². The minimum absolute atomic E-state index is 0.527. The number of hydrogen-bond donors (Lipinski definition) is 1. The van der Waals surface area contributed by atoms with Crippen molar-refractivity contribution >= 4 is 11.6 Å². The molecule has 0 saturated heterocycles. The van der Waals surface area contributed by atoms with Crippen LogP contribution in [0.4, 0.5) is 5.82 Å². The fourth-order valence-corrected chi connectivity index (χ4v) is 2.56. The Bertz CT molecular complexity index is 556. The molecule has 0 aromatic carbocycles. The molecule has 5 nitrogen and oxygen atoms in total. The van der Waals surface area contributed by atoms with Crippen molar-refractivity contribution in [3.8, 4) is 0 Å². The largest absolute Gasteiger partial charge is 0.369 e. The zero-order chi connectivity index (χ0) is 12.6. The van der Waals surface area contributed by atoms with Crippen molar-refractivity contribution in [3.05, 3.63) is 18.1 Å². The Morgan fingerprint density at radius 1 is 1.44 bits per heavy atom. The van der Waals surface area contributed by atoms with E-state index in [1.807, 2.05) is 13.0 Å². The summed E-state index contributed by atoms with van der Waals surface area (Å²) in [6, 6.07) is 2.03. The molecule has 5 heteroatoms. The zero-order valence-corrected chi connectivity index (χ0v) is 11.0. The Morgan fingerprint density at radius 3 is 3.00 bits per heavy atom. The predicted octanol–water partition coefficient (Wildman–Crippen LogP) is 2.42. The monoisotopic (exact) mass is 245 g/mol. The van der Waals surface area contributed by atoms with Gasteiger partial charge in [-0.15, -0.1) is 0 Å². The highest BCUT2D eigenvalue weighted by molar-refractivity contribution is 5.45. The van der Waals surface area contributed by atoms with Gasteiger partial charge < -0.3 is 5.32 Å². The van der Waals surface area contributed by atoms with Gasteiger partial charge >= 0.3 is 0 Å². The molecule has 0 amide bonds. The standard InChI is InChI=1S/C13H19N5/c1-3-4-13(5-6-13)8-14-11-7-10(2)17-12-15-9-16-18(11)12/h7,9,14H,3-6,8H2,1-2H3. The summed E-state index contributed by atoms with van der Waals surface area (Å²) in [7, 11) is 0. The lowest BCUT2D eigenvalue weighted by Gasteiger charge is -2.16. The highest BCUT2D eigenvalue weighted by atomic mass is 15.3. The summed E-state index contributed by atoms with van der Waals surface area (Å²) in [5, 5.41) is 7.73. The molecule has 0 radical (unpaired) electrons. The first kappa shape index (κ1) is 11.4. The third kappa shape index (κ3) is 2.05. The lowest BCUT2D eigenvalue weighted by Crippen LogP contribution is -2.17. The van der Waals surface area contributed by atoms with Crippen molar-refractivity contribution in [3.63, 3.8) is 0 Å². The van der Waals surface area contributed by atoms with Crippen molar-refractivity contribution in [2.45, 2.75) is 39.5 Å². The zero-order valence-electron chi connectivity index (χ0n) is 11.0. The molecule has 0 spiro atoms. The molecule has 96 valence electrons. The number of fused-ring (bicyclic) bond motifs is 1. The molecule has 2 aromatic heterocycles. The quantitative estimate of drug-likeness (QED) is 0.879. The van der Waals surface area contributed by atoms with Crippen LogP contribution in [0.5, 0.6) is 0 Å². The van der Waals surface area contributed by atoms with E-state index < -0.39 is 0 Å². The number of nitrogens with zero attached hydrogens (tertiary/aromatic N) is 4. The van der Waals surface area contributed by atoms with E-state index in [0.717, 1.165) is 18.1 Å². The molecule has 0 unspecified atom stereocenters. The van der Waals surface area contributed by atoms with Gasteiger partial charge in [0.05, 0.1) is 0 Å². The van der Waals surface area contributed by atoms with Gasteiger partial charge in [0, 0.05) is 18.3 Å². The van der Waals surface area contributed by atoms with Crippen LogP contribution < -0.4 is 5.32 Å². The maximum Gasteiger partial charge on any atom is 0.254 e. The lowest BCUT2D eigenvalue weighted by atomic mass is 10.0. The van der Waals surface area contributed by atoms with Crippen LogP contribution in [-0.4, -0.2) is 26.1 Å². The van der Waals surface area contributed by atoms with Gasteiger partial charge in [-0.25, -0.2) is 4.98 Å². The summed E-state index contributed by atoms with van der Waals surface area (Å²) >= 11 is 0. The van der Waals surface area contributed by atoms with E-state index in [4.69, 9.17) is 0 Å². The van der Waals surface area contributed by atoms with E-state index in [1.54, 1.807) is 10.8 Å². The molecule has 0 bridgehead atoms. The molecule has 0 atom stereocenters. The molecule has 1 saturated carbocycles. The second kappa shape index (κ2) is 4.23. The topological polar surface area (TPSA) is 55.1 Å². The van der Waals surface area contributed by atoms with E-state index >= 15 is 0 Å². The summed E-state index contributed by atoms with van der Waals surface area (Å²) in [6.07, 6.45) is 6.81. The minimum Gasteiger partial charge on any atom is -0.369 e. The molecule has 1 aliphatic carbocycles. The molecular formula is C13H19N5. The number of rotatable bonds is 5. The average molecular weight is 245 g/mol. The Hall–Kier alpha value is -1.65. The van der Waals surface area contributed by atoms with Crippen molar-refractivity contribution in [1.29, 1.82) is 0 Å². The number of hydrogen-bond acceptors (Lipinski definition) is 4.